The van der Waals surface area contributed by atoms with Crippen molar-refractivity contribution in [2.24, 2.45) is 11.8 Å². The van der Waals surface area contributed by atoms with Gasteiger partial charge in [-0.05, 0) is 36.8 Å². The average molecular weight is 233 g/mol. The lowest BCUT2D eigenvalue weighted by molar-refractivity contribution is 0.0947. The highest BCUT2D eigenvalue weighted by Gasteiger charge is 2.22. The molecule has 92 valence electrons. The van der Waals surface area contributed by atoms with Gasteiger partial charge in [-0.15, -0.1) is 0 Å². The number of rotatable bonds is 3. The summed E-state index contributed by atoms with van der Waals surface area (Å²) in [5.74, 6) is 1.59. The molecule has 4 heteroatoms. The first-order chi connectivity index (χ1) is 8.16. The van der Waals surface area contributed by atoms with E-state index in [0.717, 1.165) is 12.5 Å². The summed E-state index contributed by atoms with van der Waals surface area (Å²) < 4.78 is 0. The minimum Gasteiger partial charge on any atom is -0.383 e. The van der Waals surface area contributed by atoms with Crippen LogP contribution in [0.2, 0.25) is 0 Å². The van der Waals surface area contributed by atoms with Gasteiger partial charge in [-0.25, -0.2) is 4.98 Å². The SMILES string of the molecule is CC1CCC(CNC(=O)c2cccnc2N)C1. The lowest BCUT2D eigenvalue weighted by atomic mass is 10.1. The molecule has 1 aliphatic rings. The summed E-state index contributed by atoms with van der Waals surface area (Å²) in [7, 11) is 0. The highest BCUT2D eigenvalue weighted by Crippen LogP contribution is 2.29. The van der Waals surface area contributed by atoms with Crippen molar-refractivity contribution >= 4 is 11.7 Å². The zero-order chi connectivity index (χ0) is 12.3. The summed E-state index contributed by atoms with van der Waals surface area (Å²) in [6, 6.07) is 3.43. The van der Waals surface area contributed by atoms with Gasteiger partial charge in [0.1, 0.15) is 5.82 Å². The first-order valence-electron chi connectivity index (χ1n) is 6.15. The molecular formula is C13H19N3O. The maximum absolute atomic E-state index is 11.9. The third kappa shape index (κ3) is 2.96. The molecule has 2 unspecified atom stereocenters. The molecule has 17 heavy (non-hydrogen) atoms. The first kappa shape index (κ1) is 11.9. The van der Waals surface area contributed by atoms with Crippen molar-refractivity contribution in [1.82, 2.24) is 10.3 Å². The smallest absolute Gasteiger partial charge is 0.255 e. The maximum atomic E-state index is 11.9. The largest absolute Gasteiger partial charge is 0.383 e. The normalized spacial score (nSPS) is 23.6. The van der Waals surface area contributed by atoms with Gasteiger partial charge in [0.15, 0.2) is 0 Å². The molecule has 3 N–H and O–H groups in total. The molecule has 2 atom stereocenters. The molecule has 4 nitrogen and oxygen atoms in total. The van der Waals surface area contributed by atoms with E-state index >= 15 is 0 Å². The molecule has 1 heterocycles. The van der Waals surface area contributed by atoms with Crippen LogP contribution in [0.25, 0.3) is 0 Å². The molecule has 0 aliphatic heterocycles. The van der Waals surface area contributed by atoms with Crippen molar-refractivity contribution in [3.63, 3.8) is 0 Å². The Morgan fingerprint density at radius 2 is 2.41 bits per heavy atom. The Hall–Kier alpha value is -1.58. The molecule has 2 rings (SSSR count). The van der Waals surface area contributed by atoms with Crippen molar-refractivity contribution in [2.75, 3.05) is 12.3 Å². The van der Waals surface area contributed by atoms with Gasteiger partial charge in [0.25, 0.3) is 5.91 Å². The van der Waals surface area contributed by atoms with Crippen LogP contribution < -0.4 is 11.1 Å². The van der Waals surface area contributed by atoms with E-state index in [2.05, 4.69) is 17.2 Å². The molecule has 1 amide bonds. The van der Waals surface area contributed by atoms with Gasteiger partial charge < -0.3 is 11.1 Å². The van der Waals surface area contributed by atoms with Gasteiger partial charge in [0.2, 0.25) is 0 Å². The van der Waals surface area contributed by atoms with Crippen molar-refractivity contribution in [1.29, 1.82) is 0 Å². The van der Waals surface area contributed by atoms with E-state index in [4.69, 9.17) is 5.73 Å². The van der Waals surface area contributed by atoms with Gasteiger partial charge >= 0.3 is 0 Å². The minimum absolute atomic E-state index is 0.116. The van der Waals surface area contributed by atoms with Crippen molar-refractivity contribution in [2.45, 2.75) is 26.2 Å². The number of pyridine rings is 1. The Labute approximate surface area is 102 Å². The summed E-state index contributed by atoms with van der Waals surface area (Å²) in [6.07, 6.45) is 5.28. The second-order valence-electron chi connectivity index (χ2n) is 4.93. The molecule has 0 saturated heterocycles. The van der Waals surface area contributed by atoms with E-state index in [9.17, 15) is 4.79 Å². The lowest BCUT2D eigenvalue weighted by Crippen LogP contribution is -2.29. The van der Waals surface area contributed by atoms with Crippen LogP contribution in [0.15, 0.2) is 18.3 Å². The van der Waals surface area contributed by atoms with Crippen LogP contribution in [0.5, 0.6) is 0 Å². The zero-order valence-corrected chi connectivity index (χ0v) is 10.1. The quantitative estimate of drug-likeness (QED) is 0.837. The number of carbonyl (C=O) groups excluding carboxylic acids is 1. The van der Waals surface area contributed by atoms with Crippen LogP contribution in [0.1, 0.15) is 36.5 Å². The number of hydrogen-bond acceptors (Lipinski definition) is 3. The molecule has 1 fully saturated rings. The Kier molecular flexibility index (Phi) is 3.61. The van der Waals surface area contributed by atoms with E-state index in [1.807, 2.05) is 0 Å². The summed E-state index contributed by atoms with van der Waals surface area (Å²) in [4.78, 5) is 15.8. The number of carbonyl (C=O) groups is 1. The fourth-order valence-corrected chi connectivity index (χ4v) is 2.45. The minimum atomic E-state index is -0.116. The first-order valence-corrected chi connectivity index (χ1v) is 6.15. The van der Waals surface area contributed by atoms with Gasteiger partial charge in [0, 0.05) is 12.7 Å². The molecule has 0 aromatic carbocycles. The molecule has 1 aromatic heterocycles. The number of nitrogens with two attached hydrogens (primary N) is 1. The second-order valence-corrected chi connectivity index (χ2v) is 4.93. The van der Waals surface area contributed by atoms with Gasteiger partial charge in [0.05, 0.1) is 5.56 Å². The number of aromatic nitrogens is 1. The monoisotopic (exact) mass is 233 g/mol. The fraction of sp³-hybridized carbons (Fsp3) is 0.538. The lowest BCUT2D eigenvalue weighted by Gasteiger charge is -2.11. The Bertz CT molecular complexity index is 405. The summed E-state index contributed by atoms with van der Waals surface area (Å²) in [5.41, 5.74) is 6.13. The third-order valence-corrected chi connectivity index (χ3v) is 3.44. The molecule has 1 aliphatic carbocycles. The highest BCUT2D eigenvalue weighted by molar-refractivity contribution is 5.98. The molecule has 0 bridgehead atoms. The number of nitrogen functional groups attached to an aromatic ring is 1. The molecule has 0 radical (unpaired) electrons. The number of anilines is 1. The van der Waals surface area contributed by atoms with E-state index in [0.29, 0.717) is 17.3 Å². The van der Waals surface area contributed by atoms with E-state index in [-0.39, 0.29) is 5.91 Å². The van der Waals surface area contributed by atoms with E-state index in [1.165, 1.54) is 19.3 Å². The molecule has 0 spiro atoms. The third-order valence-electron chi connectivity index (χ3n) is 3.44. The standard InChI is InChI=1S/C13H19N3O/c1-9-4-5-10(7-9)8-16-13(17)11-3-2-6-15-12(11)14/h2-3,6,9-10H,4-5,7-8H2,1H3,(H2,14,15)(H,16,17). The summed E-state index contributed by atoms with van der Waals surface area (Å²) in [5, 5.41) is 2.94. The second kappa shape index (κ2) is 5.17. The van der Waals surface area contributed by atoms with Gasteiger partial charge in [-0.1, -0.05) is 13.3 Å². The van der Waals surface area contributed by atoms with E-state index in [1.54, 1.807) is 18.3 Å². The topological polar surface area (TPSA) is 68.0 Å². The maximum Gasteiger partial charge on any atom is 0.255 e. The van der Waals surface area contributed by atoms with Crippen LogP contribution in [-0.4, -0.2) is 17.4 Å². The van der Waals surface area contributed by atoms with Crippen molar-refractivity contribution < 1.29 is 4.79 Å². The average Bonchev–Trinajstić information content (AvgIpc) is 2.73. The Morgan fingerprint density at radius 1 is 1.59 bits per heavy atom. The summed E-state index contributed by atoms with van der Waals surface area (Å²) in [6.45, 7) is 3.01. The summed E-state index contributed by atoms with van der Waals surface area (Å²) >= 11 is 0. The number of nitrogens with zero attached hydrogens (tertiary/aromatic N) is 1. The Morgan fingerprint density at radius 3 is 3.06 bits per heavy atom. The predicted molar refractivity (Wildman–Crippen MR) is 67.5 cm³/mol. The zero-order valence-electron chi connectivity index (χ0n) is 10.1. The van der Waals surface area contributed by atoms with Gasteiger partial charge in [-0.3, -0.25) is 4.79 Å². The van der Waals surface area contributed by atoms with Crippen molar-refractivity contribution in [3.8, 4) is 0 Å². The van der Waals surface area contributed by atoms with Crippen LogP contribution in [0.4, 0.5) is 5.82 Å². The van der Waals surface area contributed by atoms with Crippen molar-refractivity contribution in [3.05, 3.63) is 23.9 Å². The molecule has 1 saturated carbocycles. The number of hydrogen-bond donors (Lipinski definition) is 2. The number of nitrogens with one attached hydrogen (secondary N) is 1. The van der Waals surface area contributed by atoms with Gasteiger partial charge in [-0.2, -0.15) is 0 Å². The molecule has 1 aromatic rings. The van der Waals surface area contributed by atoms with Crippen LogP contribution >= 0.6 is 0 Å². The van der Waals surface area contributed by atoms with Crippen LogP contribution in [0, 0.1) is 11.8 Å². The Balaban J connectivity index is 1.88. The molecular weight excluding hydrogens is 214 g/mol. The fourth-order valence-electron chi connectivity index (χ4n) is 2.45. The number of amides is 1. The predicted octanol–water partition coefficient (Wildman–Crippen LogP) is 1.83. The van der Waals surface area contributed by atoms with E-state index < -0.39 is 0 Å². The van der Waals surface area contributed by atoms with Crippen LogP contribution in [-0.2, 0) is 0 Å². The highest BCUT2D eigenvalue weighted by atomic mass is 16.1. The van der Waals surface area contributed by atoms with Crippen LogP contribution in [0.3, 0.4) is 0 Å².